The lowest BCUT2D eigenvalue weighted by molar-refractivity contribution is 0.251. The van der Waals surface area contributed by atoms with Crippen LogP contribution in [-0.2, 0) is 0 Å². The summed E-state index contributed by atoms with van der Waals surface area (Å²) in [5.74, 6) is -0.0395. The molecule has 0 amide bonds. The van der Waals surface area contributed by atoms with E-state index in [1.54, 1.807) is 6.08 Å². The minimum absolute atomic E-state index is 0.0395. The van der Waals surface area contributed by atoms with Crippen molar-refractivity contribution in [1.82, 2.24) is 9.80 Å². The Labute approximate surface area is 106 Å². The first-order valence-electron chi connectivity index (χ1n) is 6.49. The highest BCUT2D eigenvalue weighted by molar-refractivity contribution is 5.21. The highest BCUT2D eigenvalue weighted by atomic mass is 19.1. The molecule has 17 heavy (non-hydrogen) atoms. The van der Waals surface area contributed by atoms with Gasteiger partial charge in [0, 0.05) is 19.6 Å². The van der Waals surface area contributed by atoms with Gasteiger partial charge in [-0.15, -0.1) is 0 Å². The van der Waals surface area contributed by atoms with Gasteiger partial charge >= 0.3 is 0 Å². The molecule has 0 aliphatic heterocycles. The molecule has 0 aliphatic carbocycles. The zero-order valence-electron chi connectivity index (χ0n) is 11.8. The second kappa shape index (κ2) is 9.37. The molecule has 0 rings (SSSR count). The average molecular weight is 242 g/mol. The van der Waals surface area contributed by atoms with E-state index >= 15 is 0 Å². The lowest BCUT2D eigenvalue weighted by Crippen LogP contribution is -2.34. The Hall–Kier alpha value is -0.670. The summed E-state index contributed by atoms with van der Waals surface area (Å²) in [6.45, 7) is 14.4. The van der Waals surface area contributed by atoms with Gasteiger partial charge in [-0.2, -0.15) is 0 Å². The Morgan fingerprint density at radius 1 is 1.18 bits per heavy atom. The van der Waals surface area contributed by atoms with Crippen LogP contribution in [0.3, 0.4) is 0 Å². The van der Waals surface area contributed by atoms with Gasteiger partial charge in [0.1, 0.15) is 5.83 Å². The number of halogens is 1. The van der Waals surface area contributed by atoms with E-state index in [1.807, 2.05) is 6.92 Å². The van der Waals surface area contributed by atoms with Crippen molar-refractivity contribution < 1.29 is 4.39 Å². The second-order valence-corrected chi connectivity index (χ2v) is 4.25. The summed E-state index contributed by atoms with van der Waals surface area (Å²) in [4.78, 5) is 4.51. The van der Waals surface area contributed by atoms with Crippen molar-refractivity contribution in [2.75, 3.05) is 39.8 Å². The summed E-state index contributed by atoms with van der Waals surface area (Å²) < 4.78 is 13.5. The van der Waals surface area contributed by atoms with E-state index in [2.05, 4.69) is 37.3 Å². The van der Waals surface area contributed by atoms with Crippen molar-refractivity contribution in [1.29, 1.82) is 0 Å². The van der Waals surface area contributed by atoms with Crippen molar-refractivity contribution in [3.63, 3.8) is 0 Å². The van der Waals surface area contributed by atoms with Crippen LogP contribution in [0, 0.1) is 0 Å². The van der Waals surface area contributed by atoms with Gasteiger partial charge in [0.25, 0.3) is 0 Å². The fraction of sp³-hybridized carbons (Fsp3) is 0.714. The SMILES string of the molecule is C=C/C(CN(CC)CCN(C)CC)=C(/F)CC. The van der Waals surface area contributed by atoms with Crippen LogP contribution in [0.5, 0.6) is 0 Å². The second-order valence-electron chi connectivity index (χ2n) is 4.25. The molecule has 0 unspecified atom stereocenters. The topological polar surface area (TPSA) is 6.48 Å². The molecule has 3 heteroatoms. The van der Waals surface area contributed by atoms with Crippen molar-refractivity contribution in [3.8, 4) is 0 Å². The predicted molar refractivity (Wildman–Crippen MR) is 73.9 cm³/mol. The highest BCUT2D eigenvalue weighted by Gasteiger charge is 2.08. The molecule has 0 heterocycles. The van der Waals surface area contributed by atoms with Gasteiger partial charge in [-0.3, -0.25) is 4.90 Å². The molecule has 0 spiro atoms. The quantitative estimate of drug-likeness (QED) is 0.573. The third-order valence-corrected chi connectivity index (χ3v) is 3.08. The maximum Gasteiger partial charge on any atom is 0.104 e. The molecule has 0 aromatic rings. The normalized spacial score (nSPS) is 13.1. The molecule has 100 valence electrons. The number of hydrogen-bond acceptors (Lipinski definition) is 2. The van der Waals surface area contributed by atoms with Crippen LogP contribution in [-0.4, -0.2) is 49.6 Å². The molecule has 0 atom stereocenters. The number of nitrogens with zero attached hydrogens (tertiary/aromatic N) is 2. The van der Waals surface area contributed by atoms with Gasteiger partial charge in [-0.1, -0.05) is 33.4 Å². The monoisotopic (exact) mass is 242 g/mol. The lowest BCUT2D eigenvalue weighted by atomic mass is 10.2. The van der Waals surface area contributed by atoms with Crippen molar-refractivity contribution in [3.05, 3.63) is 24.1 Å². The van der Waals surface area contributed by atoms with Gasteiger partial charge in [0.2, 0.25) is 0 Å². The summed E-state index contributed by atoms with van der Waals surface area (Å²) in [6.07, 6.45) is 2.10. The summed E-state index contributed by atoms with van der Waals surface area (Å²) in [6, 6.07) is 0. The largest absolute Gasteiger partial charge is 0.305 e. The Kier molecular flexibility index (Phi) is 9.00. The van der Waals surface area contributed by atoms with Crippen LogP contribution in [0.1, 0.15) is 27.2 Å². The van der Waals surface area contributed by atoms with E-state index in [0.29, 0.717) is 13.0 Å². The van der Waals surface area contributed by atoms with Crippen LogP contribution in [0.25, 0.3) is 0 Å². The molecule has 0 N–H and O–H groups in total. The number of hydrogen-bond donors (Lipinski definition) is 0. The van der Waals surface area contributed by atoms with Crippen LogP contribution >= 0.6 is 0 Å². The van der Waals surface area contributed by atoms with Gasteiger partial charge in [-0.25, -0.2) is 4.39 Å². The van der Waals surface area contributed by atoms with Gasteiger partial charge < -0.3 is 4.90 Å². The van der Waals surface area contributed by atoms with Crippen LogP contribution in [0.15, 0.2) is 24.1 Å². The Balaban J connectivity index is 4.33. The van der Waals surface area contributed by atoms with Crippen LogP contribution in [0.4, 0.5) is 4.39 Å². The first kappa shape index (κ1) is 16.3. The predicted octanol–water partition coefficient (Wildman–Crippen LogP) is 3.08. The average Bonchev–Trinajstić information content (AvgIpc) is 2.37. The zero-order chi connectivity index (χ0) is 13.3. The molecule has 2 nitrogen and oxygen atoms in total. The molecule has 0 fully saturated rings. The summed E-state index contributed by atoms with van der Waals surface area (Å²) in [7, 11) is 2.10. The minimum Gasteiger partial charge on any atom is -0.305 e. The summed E-state index contributed by atoms with van der Waals surface area (Å²) >= 11 is 0. The van der Waals surface area contributed by atoms with E-state index < -0.39 is 0 Å². The highest BCUT2D eigenvalue weighted by Crippen LogP contribution is 2.12. The van der Waals surface area contributed by atoms with Crippen molar-refractivity contribution in [2.45, 2.75) is 27.2 Å². The number of likely N-dealkylation sites (N-methyl/N-ethyl adjacent to an activating group) is 2. The lowest BCUT2D eigenvalue weighted by Gasteiger charge is -2.24. The molecule has 0 aromatic carbocycles. The summed E-state index contributed by atoms with van der Waals surface area (Å²) in [5, 5.41) is 0. The molecular weight excluding hydrogens is 215 g/mol. The fourth-order valence-electron chi connectivity index (χ4n) is 1.55. The molecule has 0 saturated heterocycles. The number of allylic oxidation sites excluding steroid dienone is 1. The molecular formula is C14H27FN2. The van der Waals surface area contributed by atoms with Gasteiger partial charge in [0.05, 0.1) is 0 Å². The van der Waals surface area contributed by atoms with E-state index in [4.69, 9.17) is 0 Å². The zero-order valence-corrected chi connectivity index (χ0v) is 11.8. The fourth-order valence-corrected chi connectivity index (χ4v) is 1.55. The molecule has 0 radical (unpaired) electrons. The smallest absolute Gasteiger partial charge is 0.104 e. The third-order valence-electron chi connectivity index (χ3n) is 3.08. The van der Waals surface area contributed by atoms with E-state index in [-0.39, 0.29) is 5.83 Å². The minimum atomic E-state index is -0.0395. The van der Waals surface area contributed by atoms with Crippen molar-refractivity contribution >= 4 is 0 Å². The van der Waals surface area contributed by atoms with Gasteiger partial charge in [0.15, 0.2) is 0 Å². The standard InChI is InChI=1S/C14H27FN2/c1-6-13(14(15)7-2)12-17(9-4)11-10-16(5)8-3/h6H,1,7-12H2,2-5H3/b14-13-. The van der Waals surface area contributed by atoms with Crippen LogP contribution < -0.4 is 0 Å². The molecule has 0 aliphatic rings. The molecule has 0 bridgehead atoms. The first-order valence-corrected chi connectivity index (χ1v) is 6.49. The number of rotatable bonds is 9. The Morgan fingerprint density at radius 3 is 2.24 bits per heavy atom. The van der Waals surface area contributed by atoms with Crippen molar-refractivity contribution in [2.24, 2.45) is 0 Å². The maximum atomic E-state index is 13.5. The first-order chi connectivity index (χ1) is 8.08. The Bertz CT molecular complexity index is 249. The van der Waals surface area contributed by atoms with E-state index in [1.165, 1.54) is 0 Å². The maximum absolute atomic E-state index is 13.5. The third kappa shape index (κ3) is 6.59. The van der Waals surface area contributed by atoms with E-state index in [9.17, 15) is 4.39 Å². The van der Waals surface area contributed by atoms with Gasteiger partial charge in [-0.05, 0) is 32.1 Å². The summed E-state index contributed by atoms with van der Waals surface area (Å²) in [5.41, 5.74) is 0.730. The molecule has 0 aromatic heterocycles. The van der Waals surface area contributed by atoms with Crippen LogP contribution in [0.2, 0.25) is 0 Å². The molecule has 0 saturated carbocycles. The van der Waals surface area contributed by atoms with E-state index in [0.717, 1.165) is 31.8 Å². The Morgan fingerprint density at radius 2 is 1.82 bits per heavy atom.